The van der Waals surface area contributed by atoms with Crippen molar-refractivity contribution in [2.45, 2.75) is 75.0 Å². The van der Waals surface area contributed by atoms with Crippen LogP contribution in [0.25, 0.3) is 11.2 Å². The molecule has 0 amide bonds. The summed E-state index contributed by atoms with van der Waals surface area (Å²) in [7, 11) is -3.44. The molecular formula is C20H31ClN5O8P. The number of fused-ring (bicyclic) bond motifs is 1. The number of anilines is 1. The van der Waals surface area contributed by atoms with Crippen LogP contribution in [0.5, 0.6) is 0 Å². The summed E-state index contributed by atoms with van der Waals surface area (Å²) in [4.78, 5) is 24.0. The molecular weight excluding hydrogens is 505 g/mol. The standard InChI is InChI=1S/C20H31ClN5O8P/c1-3-20(10-32-2,35(29,30)31)33-9-13-16(27)17(28)19(34-13)26-18-15(24-25-26)12(8-14(21)23-18)22-11-6-4-5-7-11/h8,11,13,16-17,19,27-28H,3-7,9-10H2,1-2H3,(H,22,23)(H2,29,30,31)/t13-,16-,17-,19-,20?/m1/s1. The van der Waals surface area contributed by atoms with Crippen LogP contribution in [0, 0.1) is 0 Å². The Hall–Kier alpha value is -1.41. The summed E-state index contributed by atoms with van der Waals surface area (Å²) < 4.78 is 29.7. The molecule has 196 valence electrons. The molecule has 0 bridgehead atoms. The predicted molar refractivity (Wildman–Crippen MR) is 125 cm³/mol. The third kappa shape index (κ3) is 5.20. The zero-order valence-corrected chi connectivity index (χ0v) is 21.1. The molecule has 5 N–H and O–H groups in total. The van der Waals surface area contributed by atoms with Crippen LogP contribution in [0.3, 0.4) is 0 Å². The van der Waals surface area contributed by atoms with E-state index in [0.29, 0.717) is 17.2 Å². The highest BCUT2D eigenvalue weighted by Gasteiger charge is 2.50. The van der Waals surface area contributed by atoms with Gasteiger partial charge in [-0.2, -0.15) is 4.68 Å². The minimum Gasteiger partial charge on any atom is -0.387 e. The fourth-order valence-corrected chi connectivity index (χ4v) is 5.75. The Bertz CT molecular complexity index is 1080. The lowest BCUT2D eigenvalue weighted by atomic mass is 10.1. The van der Waals surface area contributed by atoms with Crippen LogP contribution in [-0.2, 0) is 18.8 Å². The summed E-state index contributed by atoms with van der Waals surface area (Å²) in [5.41, 5.74) is 1.37. The van der Waals surface area contributed by atoms with E-state index in [0.717, 1.165) is 25.7 Å². The maximum atomic E-state index is 12.1. The fraction of sp³-hybridized carbons (Fsp3) is 0.750. The van der Waals surface area contributed by atoms with E-state index >= 15 is 0 Å². The summed E-state index contributed by atoms with van der Waals surface area (Å²) in [5, 5.41) is 31.3. The van der Waals surface area contributed by atoms with Gasteiger partial charge in [0.2, 0.25) is 0 Å². The van der Waals surface area contributed by atoms with Crippen molar-refractivity contribution in [2.24, 2.45) is 0 Å². The smallest absolute Gasteiger partial charge is 0.359 e. The molecule has 4 rings (SSSR count). The number of aliphatic hydroxyl groups is 2. The first-order valence-corrected chi connectivity index (χ1v) is 13.5. The van der Waals surface area contributed by atoms with Crippen molar-refractivity contribution < 1.29 is 38.8 Å². The van der Waals surface area contributed by atoms with Crippen LogP contribution >= 0.6 is 19.2 Å². The lowest BCUT2D eigenvalue weighted by molar-refractivity contribution is -0.114. The molecule has 15 heteroatoms. The number of aliphatic hydroxyl groups excluding tert-OH is 2. The molecule has 1 aliphatic heterocycles. The number of ether oxygens (including phenoxy) is 3. The van der Waals surface area contributed by atoms with Crippen molar-refractivity contribution in [3.63, 3.8) is 0 Å². The van der Waals surface area contributed by atoms with E-state index < -0.39 is 44.1 Å². The molecule has 2 aromatic rings. The summed E-state index contributed by atoms with van der Waals surface area (Å²) >= 11 is 6.25. The number of aromatic nitrogens is 4. The van der Waals surface area contributed by atoms with Gasteiger partial charge in [-0.1, -0.05) is 36.6 Å². The van der Waals surface area contributed by atoms with Crippen LogP contribution in [0.4, 0.5) is 5.69 Å². The highest BCUT2D eigenvalue weighted by atomic mass is 35.5. The second kappa shape index (κ2) is 10.5. The largest absolute Gasteiger partial charge is 0.387 e. The number of hydrogen-bond acceptors (Lipinski definition) is 10. The molecule has 1 aliphatic carbocycles. The molecule has 1 saturated carbocycles. The maximum absolute atomic E-state index is 12.1. The van der Waals surface area contributed by atoms with Gasteiger partial charge >= 0.3 is 7.60 Å². The third-order valence-corrected chi connectivity index (χ3v) is 8.49. The summed E-state index contributed by atoms with van der Waals surface area (Å²) in [6.07, 6.45) is -0.857. The van der Waals surface area contributed by atoms with Gasteiger partial charge in [0.05, 0.1) is 18.9 Å². The fourth-order valence-electron chi connectivity index (χ4n) is 4.61. The van der Waals surface area contributed by atoms with Crippen molar-refractivity contribution in [3.05, 3.63) is 11.2 Å². The number of methoxy groups -OCH3 is 1. The first-order chi connectivity index (χ1) is 16.6. The first kappa shape index (κ1) is 26.6. The molecule has 0 aromatic carbocycles. The Labute approximate surface area is 206 Å². The van der Waals surface area contributed by atoms with Crippen molar-refractivity contribution in [2.75, 3.05) is 25.6 Å². The third-order valence-electron chi connectivity index (χ3n) is 6.66. The minimum atomic E-state index is -4.74. The normalized spacial score (nSPS) is 27.5. The van der Waals surface area contributed by atoms with Gasteiger partial charge in [0, 0.05) is 19.2 Å². The van der Waals surface area contributed by atoms with Crippen molar-refractivity contribution in [3.8, 4) is 0 Å². The molecule has 0 radical (unpaired) electrons. The molecule has 1 saturated heterocycles. The second-order valence-electron chi connectivity index (χ2n) is 8.96. The van der Waals surface area contributed by atoms with Crippen LogP contribution < -0.4 is 5.32 Å². The van der Waals surface area contributed by atoms with Crippen molar-refractivity contribution in [1.82, 2.24) is 20.0 Å². The molecule has 0 spiro atoms. The van der Waals surface area contributed by atoms with E-state index in [1.54, 1.807) is 13.0 Å². The highest BCUT2D eigenvalue weighted by Crippen LogP contribution is 2.53. The minimum absolute atomic E-state index is 0.0488. The van der Waals surface area contributed by atoms with Gasteiger partial charge in [-0.25, -0.2) is 4.98 Å². The molecule has 1 unspecified atom stereocenters. The lowest BCUT2D eigenvalue weighted by Gasteiger charge is -2.33. The number of hydrogen-bond donors (Lipinski definition) is 5. The van der Waals surface area contributed by atoms with Crippen molar-refractivity contribution >= 4 is 36.0 Å². The summed E-state index contributed by atoms with van der Waals surface area (Å²) in [6.45, 7) is 0.775. The zero-order chi connectivity index (χ0) is 25.4. The van der Waals surface area contributed by atoms with E-state index in [1.807, 2.05) is 0 Å². The maximum Gasteiger partial charge on any atom is 0.359 e. The van der Waals surface area contributed by atoms with Crippen LogP contribution in [0.2, 0.25) is 5.15 Å². The van der Waals surface area contributed by atoms with E-state index in [-0.39, 0.29) is 23.8 Å². The van der Waals surface area contributed by atoms with E-state index in [4.69, 9.17) is 25.8 Å². The van der Waals surface area contributed by atoms with Gasteiger partial charge in [-0.15, -0.1) is 5.10 Å². The molecule has 35 heavy (non-hydrogen) atoms. The topological polar surface area (TPSA) is 181 Å². The first-order valence-electron chi connectivity index (χ1n) is 11.5. The van der Waals surface area contributed by atoms with Gasteiger partial charge in [0.25, 0.3) is 0 Å². The zero-order valence-electron chi connectivity index (χ0n) is 19.4. The van der Waals surface area contributed by atoms with Crippen LogP contribution in [-0.4, -0.2) is 90.0 Å². The highest BCUT2D eigenvalue weighted by molar-refractivity contribution is 7.53. The number of pyridine rings is 1. The van der Waals surface area contributed by atoms with E-state index in [1.165, 1.54) is 11.8 Å². The van der Waals surface area contributed by atoms with Gasteiger partial charge in [-0.05, 0) is 19.3 Å². The molecule has 2 aromatic heterocycles. The number of halogens is 1. The Kier molecular flexibility index (Phi) is 8.01. The second-order valence-corrected chi connectivity index (χ2v) is 11.2. The number of nitrogens with one attached hydrogen (secondary N) is 1. The number of nitrogens with zero attached hydrogens (tertiary/aromatic N) is 4. The van der Waals surface area contributed by atoms with Gasteiger partial charge in [0.15, 0.2) is 22.7 Å². The van der Waals surface area contributed by atoms with Crippen LogP contribution in [0.15, 0.2) is 6.07 Å². The molecule has 13 nitrogen and oxygen atoms in total. The Balaban J connectivity index is 1.56. The summed E-state index contributed by atoms with van der Waals surface area (Å²) in [5.74, 6) is 0. The molecule has 3 heterocycles. The average molecular weight is 536 g/mol. The molecule has 2 fully saturated rings. The Morgan fingerprint density at radius 1 is 1.31 bits per heavy atom. The van der Waals surface area contributed by atoms with Crippen LogP contribution in [0.1, 0.15) is 45.3 Å². The van der Waals surface area contributed by atoms with Gasteiger partial charge in [-0.3, -0.25) is 4.57 Å². The summed E-state index contributed by atoms with van der Waals surface area (Å²) in [6, 6.07) is 1.96. The van der Waals surface area contributed by atoms with Gasteiger partial charge in [0.1, 0.15) is 23.5 Å². The molecule has 2 aliphatic rings. The Morgan fingerprint density at radius 2 is 2.03 bits per heavy atom. The average Bonchev–Trinajstić information content (AvgIpc) is 3.52. The number of rotatable bonds is 10. The van der Waals surface area contributed by atoms with Gasteiger partial charge < -0.3 is 39.5 Å². The SMILES string of the molecule is CCC(COC)(OC[C@H]1O[C@@H](n2nnc3c(NC4CCCC4)cc(Cl)nc32)[C@H](O)[C@@H]1O)P(=O)(O)O. The molecule has 5 atom stereocenters. The monoisotopic (exact) mass is 535 g/mol. The van der Waals surface area contributed by atoms with E-state index in [9.17, 15) is 24.6 Å². The lowest BCUT2D eigenvalue weighted by Crippen LogP contribution is -2.41. The quantitative estimate of drug-likeness (QED) is 0.218. The van der Waals surface area contributed by atoms with E-state index in [2.05, 4.69) is 20.6 Å². The predicted octanol–water partition coefficient (Wildman–Crippen LogP) is 1.40. The van der Waals surface area contributed by atoms with Crippen molar-refractivity contribution in [1.29, 1.82) is 0 Å². The Morgan fingerprint density at radius 3 is 2.66 bits per heavy atom.